The number of nitrogens with zero attached hydrogens (tertiary/aromatic N) is 1. The van der Waals surface area contributed by atoms with Gasteiger partial charge in [0, 0.05) is 30.8 Å². The molecule has 1 aromatic carbocycles. The summed E-state index contributed by atoms with van der Waals surface area (Å²) in [5.74, 6) is 0.522. The van der Waals surface area contributed by atoms with Crippen LogP contribution in [0.3, 0.4) is 0 Å². The monoisotopic (exact) mass is 328 g/mol. The molecule has 21 heavy (non-hydrogen) atoms. The van der Waals surface area contributed by atoms with Crippen LogP contribution in [0.1, 0.15) is 6.42 Å². The van der Waals surface area contributed by atoms with E-state index in [1.165, 1.54) is 18.0 Å². The van der Waals surface area contributed by atoms with Gasteiger partial charge in [-0.05, 0) is 37.2 Å². The van der Waals surface area contributed by atoms with Crippen LogP contribution in [0.15, 0.2) is 34.1 Å². The van der Waals surface area contributed by atoms with E-state index < -0.39 is 9.84 Å². The Hall–Kier alpha value is -1.05. The summed E-state index contributed by atoms with van der Waals surface area (Å²) in [4.78, 5) is 15.2. The molecule has 1 saturated heterocycles. The molecule has 0 saturated carbocycles. The van der Waals surface area contributed by atoms with Crippen LogP contribution in [0, 0.1) is 0 Å². The van der Waals surface area contributed by atoms with E-state index in [9.17, 15) is 13.2 Å². The van der Waals surface area contributed by atoms with E-state index in [2.05, 4.69) is 5.32 Å². The Labute approximate surface area is 130 Å². The molecule has 0 spiro atoms. The zero-order valence-corrected chi connectivity index (χ0v) is 13.7. The van der Waals surface area contributed by atoms with E-state index in [4.69, 9.17) is 0 Å². The number of amides is 1. The van der Waals surface area contributed by atoms with E-state index >= 15 is 0 Å². The average Bonchev–Trinajstić information content (AvgIpc) is 2.73. The molecule has 1 N–H and O–H groups in total. The molecule has 1 amide bonds. The van der Waals surface area contributed by atoms with Crippen molar-refractivity contribution in [1.29, 1.82) is 0 Å². The van der Waals surface area contributed by atoms with Gasteiger partial charge >= 0.3 is 0 Å². The summed E-state index contributed by atoms with van der Waals surface area (Å²) in [5.41, 5.74) is 0. The second-order valence-corrected chi connectivity index (χ2v) is 8.08. The van der Waals surface area contributed by atoms with Crippen LogP contribution in [0.2, 0.25) is 0 Å². The van der Waals surface area contributed by atoms with E-state index in [-0.39, 0.29) is 5.91 Å². The number of nitrogens with one attached hydrogen (secondary N) is 1. The van der Waals surface area contributed by atoms with Gasteiger partial charge in [0.2, 0.25) is 5.91 Å². The fraction of sp³-hybridized carbons (Fsp3) is 0.500. The van der Waals surface area contributed by atoms with Crippen molar-refractivity contribution >= 4 is 27.5 Å². The Morgan fingerprint density at radius 1 is 1.24 bits per heavy atom. The fourth-order valence-corrected chi connectivity index (χ4v) is 3.55. The molecule has 0 unspecified atom stereocenters. The Morgan fingerprint density at radius 2 is 1.95 bits per heavy atom. The number of carbonyl (C=O) groups is 1. The molecule has 1 heterocycles. The van der Waals surface area contributed by atoms with Crippen molar-refractivity contribution in [3.05, 3.63) is 24.3 Å². The first kappa shape index (κ1) is 16.3. The van der Waals surface area contributed by atoms with Gasteiger partial charge in [-0.2, -0.15) is 0 Å². The molecular formula is C14H20N2O3S2. The van der Waals surface area contributed by atoms with E-state index in [0.717, 1.165) is 37.5 Å². The first-order chi connectivity index (χ1) is 9.97. The summed E-state index contributed by atoms with van der Waals surface area (Å²) in [6.07, 6.45) is 2.17. The molecule has 7 heteroatoms. The highest BCUT2D eigenvalue weighted by Gasteiger charge is 2.15. The quantitative estimate of drug-likeness (QED) is 0.836. The molecule has 0 aromatic heterocycles. The predicted octanol–water partition coefficient (Wildman–Crippen LogP) is 1.00. The van der Waals surface area contributed by atoms with Gasteiger partial charge in [-0.15, -0.1) is 11.8 Å². The largest absolute Gasteiger partial charge is 0.341 e. The molecule has 1 aliphatic rings. The summed E-state index contributed by atoms with van der Waals surface area (Å²) in [6.45, 7) is 3.37. The number of thioether (sulfide) groups is 1. The lowest BCUT2D eigenvalue weighted by Crippen LogP contribution is -2.35. The Kier molecular flexibility index (Phi) is 5.66. The number of rotatable bonds is 4. The van der Waals surface area contributed by atoms with Crippen LogP contribution in [0.5, 0.6) is 0 Å². The number of sulfone groups is 1. The first-order valence-corrected chi connectivity index (χ1v) is 9.76. The number of carbonyl (C=O) groups excluding carboxylic acids is 1. The van der Waals surface area contributed by atoms with Crippen LogP contribution in [-0.2, 0) is 14.6 Å². The molecular weight excluding hydrogens is 308 g/mol. The van der Waals surface area contributed by atoms with Crippen LogP contribution < -0.4 is 5.32 Å². The Balaban J connectivity index is 1.89. The minimum absolute atomic E-state index is 0.135. The van der Waals surface area contributed by atoms with Gasteiger partial charge in [-0.1, -0.05) is 0 Å². The zero-order chi connectivity index (χ0) is 15.3. The molecule has 0 radical (unpaired) electrons. The summed E-state index contributed by atoms with van der Waals surface area (Å²) in [5, 5.41) is 3.27. The minimum Gasteiger partial charge on any atom is -0.341 e. The van der Waals surface area contributed by atoms with Gasteiger partial charge in [0.15, 0.2) is 9.84 Å². The van der Waals surface area contributed by atoms with Gasteiger partial charge in [0.25, 0.3) is 0 Å². The van der Waals surface area contributed by atoms with Gasteiger partial charge in [0.05, 0.1) is 10.6 Å². The smallest absolute Gasteiger partial charge is 0.232 e. The summed E-state index contributed by atoms with van der Waals surface area (Å²) in [7, 11) is -3.16. The fourth-order valence-electron chi connectivity index (χ4n) is 2.11. The number of hydrogen-bond acceptors (Lipinski definition) is 5. The predicted molar refractivity (Wildman–Crippen MR) is 84.3 cm³/mol. The third kappa shape index (κ3) is 5.01. The normalized spacial score (nSPS) is 16.5. The van der Waals surface area contributed by atoms with E-state index in [1.54, 1.807) is 24.3 Å². The first-order valence-electron chi connectivity index (χ1n) is 6.88. The topological polar surface area (TPSA) is 66.5 Å². The van der Waals surface area contributed by atoms with Crippen LogP contribution in [0.4, 0.5) is 0 Å². The van der Waals surface area contributed by atoms with Gasteiger partial charge in [-0.3, -0.25) is 4.79 Å². The molecule has 116 valence electrons. The Morgan fingerprint density at radius 3 is 2.62 bits per heavy atom. The van der Waals surface area contributed by atoms with E-state index in [0.29, 0.717) is 10.6 Å². The third-order valence-corrected chi connectivity index (χ3v) is 5.43. The molecule has 1 fully saturated rings. The van der Waals surface area contributed by atoms with Gasteiger partial charge in [0.1, 0.15) is 0 Å². The van der Waals surface area contributed by atoms with Gasteiger partial charge in [-0.25, -0.2) is 8.42 Å². The van der Waals surface area contributed by atoms with Crippen LogP contribution >= 0.6 is 11.8 Å². The molecule has 2 rings (SSSR count). The molecule has 5 nitrogen and oxygen atoms in total. The van der Waals surface area contributed by atoms with Crippen molar-refractivity contribution < 1.29 is 13.2 Å². The summed E-state index contributed by atoms with van der Waals surface area (Å²) >= 11 is 1.44. The van der Waals surface area contributed by atoms with Crippen molar-refractivity contribution in [2.24, 2.45) is 0 Å². The van der Waals surface area contributed by atoms with Crippen LogP contribution in [-0.4, -0.2) is 57.4 Å². The van der Waals surface area contributed by atoms with Crippen molar-refractivity contribution in [2.45, 2.75) is 16.2 Å². The average molecular weight is 328 g/mol. The maximum Gasteiger partial charge on any atom is 0.232 e. The van der Waals surface area contributed by atoms with Gasteiger partial charge < -0.3 is 10.2 Å². The Bertz CT molecular complexity index is 577. The lowest BCUT2D eigenvalue weighted by atomic mass is 10.4. The van der Waals surface area contributed by atoms with Crippen molar-refractivity contribution in [3.8, 4) is 0 Å². The number of hydrogen-bond donors (Lipinski definition) is 1. The molecule has 0 aliphatic carbocycles. The summed E-state index contributed by atoms with van der Waals surface area (Å²) < 4.78 is 22.8. The SMILES string of the molecule is CS(=O)(=O)c1ccc(SCC(=O)N2CCCNCC2)cc1. The highest BCUT2D eigenvalue weighted by atomic mass is 32.2. The lowest BCUT2D eigenvalue weighted by Gasteiger charge is -2.19. The molecule has 0 bridgehead atoms. The number of benzene rings is 1. The minimum atomic E-state index is -3.16. The van der Waals surface area contributed by atoms with E-state index in [1.807, 2.05) is 4.90 Å². The van der Waals surface area contributed by atoms with Crippen molar-refractivity contribution in [3.63, 3.8) is 0 Å². The lowest BCUT2D eigenvalue weighted by molar-refractivity contribution is -0.128. The van der Waals surface area contributed by atoms with Crippen LogP contribution in [0.25, 0.3) is 0 Å². The van der Waals surface area contributed by atoms with Crippen molar-refractivity contribution in [1.82, 2.24) is 10.2 Å². The maximum absolute atomic E-state index is 12.1. The standard InChI is InChI=1S/C14H20N2O3S2/c1-21(18,19)13-5-3-12(4-6-13)20-11-14(17)16-9-2-7-15-8-10-16/h3-6,15H,2,7-11H2,1H3. The molecule has 1 aliphatic heterocycles. The molecule has 0 atom stereocenters. The summed E-state index contributed by atoms with van der Waals surface area (Å²) in [6, 6.07) is 6.66. The maximum atomic E-state index is 12.1. The second-order valence-electron chi connectivity index (χ2n) is 5.02. The second kappa shape index (κ2) is 7.29. The highest BCUT2D eigenvalue weighted by molar-refractivity contribution is 8.00. The third-order valence-electron chi connectivity index (χ3n) is 3.31. The van der Waals surface area contributed by atoms with Crippen molar-refractivity contribution in [2.75, 3.05) is 38.2 Å². The zero-order valence-electron chi connectivity index (χ0n) is 12.0. The molecule has 1 aromatic rings. The highest BCUT2D eigenvalue weighted by Crippen LogP contribution is 2.20.